The first kappa shape index (κ1) is 18.4. The van der Waals surface area contributed by atoms with Crippen LogP contribution in [0.1, 0.15) is 12.5 Å². The zero-order valence-electron chi connectivity index (χ0n) is 15.6. The second kappa shape index (κ2) is 7.86. The van der Waals surface area contributed by atoms with E-state index in [1.807, 2.05) is 50.2 Å². The number of nitrogens with zero attached hydrogens (tertiary/aromatic N) is 4. The standard InChI is InChI=1S/C19H22N6O2/c1-4-20-17-10-16-15(9-18(17)25(26)27)19(23-12-22-16)21-11-13-5-7-14(8-6-13)24(2)3/h5-10,12,20H,4,11H2,1-3H3,(H,21,22,23). The van der Waals surface area contributed by atoms with Gasteiger partial charge in [0.25, 0.3) is 5.69 Å². The number of nitrogens with one attached hydrogen (secondary N) is 2. The van der Waals surface area contributed by atoms with Crippen LogP contribution in [0, 0.1) is 10.1 Å². The molecule has 27 heavy (non-hydrogen) atoms. The number of aromatic nitrogens is 2. The first-order chi connectivity index (χ1) is 13.0. The van der Waals surface area contributed by atoms with Gasteiger partial charge in [0.05, 0.1) is 10.4 Å². The van der Waals surface area contributed by atoms with Crippen molar-refractivity contribution in [3.05, 3.63) is 58.4 Å². The molecule has 0 aliphatic rings. The molecule has 3 rings (SSSR count). The van der Waals surface area contributed by atoms with E-state index in [4.69, 9.17) is 0 Å². The van der Waals surface area contributed by atoms with Gasteiger partial charge in [-0.1, -0.05) is 12.1 Å². The molecule has 0 bridgehead atoms. The molecule has 0 aliphatic carbocycles. The zero-order valence-corrected chi connectivity index (χ0v) is 15.6. The molecule has 2 N–H and O–H groups in total. The topological polar surface area (TPSA) is 96.2 Å². The Morgan fingerprint density at radius 3 is 2.48 bits per heavy atom. The minimum Gasteiger partial charge on any atom is -0.380 e. The number of rotatable bonds is 7. The molecule has 0 saturated heterocycles. The lowest BCUT2D eigenvalue weighted by Gasteiger charge is -2.13. The summed E-state index contributed by atoms with van der Waals surface area (Å²) in [5, 5.41) is 18.3. The molecule has 0 unspecified atom stereocenters. The average molecular weight is 366 g/mol. The highest BCUT2D eigenvalue weighted by atomic mass is 16.6. The van der Waals surface area contributed by atoms with Crippen LogP contribution in [-0.4, -0.2) is 35.5 Å². The Morgan fingerprint density at radius 1 is 1.11 bits per heavy atom. The molecule has 1 aromatic heterocycles. The van der Waals surface area contributed by atoms with Crippen LogP contribution in [0.25, 0.3) is 10.9 Å². The summed E-state index contributed by atoms with van der Waals surface area (Å²) in [5.74, 6) is 0.572. The molecule has 0 aliphatic heterocycles. The minimum absolute atomic E-state index is 0.0116. The molecule has 0 radical (unpaired) electrons. The summed E-state index contributed by atoms with van der Waals surface area (Å²) in [6.45, 7) is 3.04. The van der Waals surface area contributed by atoms with Gasteiger partial charge in [0.15, 0.2) is 0 Å². The molecule has 0 atom stereocenters. The maximum atomic E-state index is 11.4. The Bertz CT molecular complexity index is 956. The largest absolute Gasteiger partial charge is 0.380 e. The molecule has 0 spiro atoms. The van der Waals surface area contributed by atoms with E-state index in [0.717, 1.165) is 11.3 Å². The predicted molar refractivity (Wildman–Crippen MR) is 108 cm³/mol. The third-order valence-electron chi connectivity index (χ3n) is 4.23. The molecule has 3 aromatic rings. The second-order valence-electron chi connectivity index (χ2n) is 6.31. The van der Waals surface area contributed by atoms with E-state index >= 15 is 0 Å². The molecule has 0 fully saturated rings. The third kappa shape index (κ3) is 4.05. The fourth-order valence-corrected chi connectivity index (χ4v) is 2.81. The number of nitro benzene ring substituents is 1. The molecular formula is C19H22N6O2. The van der Waals surface area contributed by atoms with Crippen molar-refractivity contribution in [2.24, 2.45) is 0 Å². The fourth-order valence-electron chi connectivity index (χ4n) is 2.81. The summed E-state index contributed by atoms with van der Waals surface area (Å²) in [4.78, 5) is 21.6. The van der Waals surface area contributed by atoms with Crippen LogP contribution in [-0.2, 0) is 6.54 Å². The van der Waals surface area contributed by atoms with Crippen molar-refractivity contribution in [3.8, 4) is 0 Å². The SMILES string of the molecule is CCNc1cc2ncnc(NCc3ccc(N(C)C)cc3)c2cc1[N+](=O)[O-]. The zero-order chi connectivity index (χ0) is 19.4. The maximum absolute atomic E-state index is 11.4. The number of hydrogen-bond acceptors (Lipinski definition) is 7. The lowest BCUT2D eigenvalue weighted by Crippen LogP contribution is -2.09. The Labute approximate surface area is 157 Å². The van der Waals surface area contributed by atoms with Gasteiger partial charge in [-0.3, -0.25) is 10.1 Å². The Kier molecular flexibility index (Phi) is 5.35. The van der Waals surface area contributed by atoms with E-state index in [2.05, 4.69) is 20.6 Å². The number of anilines is 3. The highest BCUT2D eigenvalue weighted by Gasteiger charge is 2.17. The van der Waals surface area contributed by atoms with E-state index in [1.165, 1.54) is 12.4 Å². The normalized spacial score (nSPS) is 10.6. The number of benzene rings is 2. The molecular weight excluding hydrogens is 344 g/mol. The van der Waals surface area contributed by atoms with Gasteiger partial charge in [-0.05, 0) is 30.7 Å². The van der Waals surface area contributed by atoms with Crippen LogP contribution in [0.2, 0.25) is 0 Å². The van der Waals surface area contributed by atoms with Crippen molar-refractivity contribution in [2.45, 2.75) is 13.5 Å². The van der Waals surface area contributed by atoms with Crippen molar-refractivity contribution in [3.63, 3.8) is 0 Å². The fraction of sp³-hybridized carbons (Fsp3) is 0.263. The Balaban J connectivity index is 1.90. The van der Waals surface area contributed by atoms with Crippen LogP contribution in [0.4, 0.5) is 22.9 Å². The average Bonchev–Trinajstić information content (AvgIpc) is 2.66. The maximum Gasteiger partial charge on any atom is 0.293 e. The lowest BCUT2D eigenvalue weighted by atomic mass is 10.1. The molecule has 140 valence electrons. The number of fused-ring (bicyclic) bond motifs is 1. The van der Waals surface area contributed by atoms with Crippen LogP contribution in [0.3, 0.4) is 0 Å². The number of hydrogen-bond donors (Lipinski definition) is 2. The summed E-state index contributed by atoms with van der Waals surface area (Å²) in [5.41, 5.74) is 3.33. The second-order valence-corrected chi connectivity index (χ2v) is 6.31. The molecule has 1 heterocycles. The molecule has 0 amide bonds. The van der Waals surface area contributed by atoms with Gasteiger partial charge in [-0.2, -0.15) is 0 Å². The highest BCUT2D eigenvalue weighted by molar-refractivity contribution is 5.94. The van der Waals surface area contributed by atoms with E-state index in [0.29, 0.717) is 35.5 Å². The van der Waals surface area contributed by atoms with Crippen LogP contribution in [0.5, 0.6) is 0 Å². The smallest absolute Gasteiger partial charge is 0.293 e. The Morgan fingerprint density at radius 2 is 1.85 bits per heavy atom. The minimum atomic E-state index is -0.395. The van der Waals surface area contributed by atoms with Crippen LogP contribution in [0.15, 0.2) is 42.7 Å². The quantitative estimate of drug-likeness (QED) is 0.487. The lowest BCUT2D eigenvalue weighted by molar-refractivity contribution is -0.383. The van der Waals surface area contributed by atoms with E-state index in [-0.39, 0.29) is 5.69 Å². The van der Waals surface area contributed by atoms with Crippen molar-refractivity contribution >= 4 is 33.8 Å². The van der Waals surface area contributed by atoms with Crippen LogP contribution < -0.4 is 15.5 Å². The molecule has 0 saturated carbocycles. The first-order valence-corrected chi connectivity index (χ1v) is 8.66. The molecule has 8 heteroatoms. The van der Waals surface area contributed by atoms with Crippen molar-refractivity contribution in [2.75, 3.05) is 36.2 Å². The van der Waals surface area contributed by atoms with E-state index in [9.17, 15) is 10.1 Å². The summed E-state index contributed by atoms with van der Waals surface area (Å²) in [7, 11) is 3.99. The summed E-state index contributed by atoms with van der Waals surface area (Å²) in [6.07, 6.45) is 1.46. The van der Waals surface area contributed by atoms with Gasteiger partial charge in [0.1, 0.15) is 17.8 Å². The highest BCUT2D eigenvalue weighted by Crippen LogP contribution is 2.32. The Hall–Kier alpha value is -3.42. The third-order valence-corrected chi connectivity index (χ3v) is 4.23. The van der Waals surface area contributed by atoms with Gasteiger partial charge in [0.2, 0.25) is 0 Å². The van der Waals surface area contributed by atoms with E-state index < -0.39 is 4.92 Å². The van der Waals surface area contributed by atoms with Crippen LogP contribution >= 0.6 is 0 Å². The summed E-state index contributed by atoms with van der Waals surface area (Å²) < 4.78 is 0. The summed E-state index contributed by atoms with van der Waals surface area (Å²) in [6, 6.07) is 11.4. The van der Waals surface area contributed by atoms with Crippen molar-refractivity contribution in [1.29, 1.82) is 0 Å². The van der Waals surface area contributed by atoms with Gasteiger partial charge in [0, 0.05) is 44.3 Å². The molecule has 8 nitrogen and oxygen atoms in total. The first-order valence-electron chi connectivity index (χ1n) is 8.66. The predicted octanol–water partition coefficient (Wildman–Crippen LogP) is 3.65. The molecule has 2 aromatic carbocycles. The van der Waals surface area contributed by atoms with Gasteiger partial charge in [-0.25, -0.2) is 9.97 Å². The van der Waals surface area contributed by atoms with Crippen molar-refractivity contribution < 1.29 is 4.92 Å². The monoisotopic (exact) mass is 366 g/mol. The number of nitro groups is 1. The van der Waals surface area contributed by atoms with E-state index in [1.54, 1.807) is 6.07 Å². The van der Waals surface area contributed by atoms with Gasteiger partial charge >= 0.3 is 0 Å². The van der Waals surface area contributed by atoms with Gasteiger partial charge < -0.3 is 15.5 Å². The van der Waals surface area contributed by atoms with Gasteiger partial charge in [-0.15, -0.1) is 0 Å². The van der Waals surface area contributed by atoms with Crippen molar-refractivity contribution in [1.82, 2.24) is 9.97 Å². The summed E-state index contributed by atoms with van der Waals surface area (Å²) >= 11 is 0.